The number of hydrogen-bond donors (Lipinski definition) is 4. The van der Waals surface area contributed by atoms with E-state index in [1.165, 1.54) is 5.56 Å². The predicted molar refractivity (Wildman–Crippen MR) is 160 cm³/mol. The zero-order valence-electron chi connectivity index (χ0n) is 24.1. The van der Waals surface area contributed by atoms with Gasteiger partial charge in [-0.05, 0) is 42.0 Å². The van der Waals surface area contributed by atoms with E-state index in [9.17, 15) is 18.3 Å². The van der Waals surface area contributed by atoms with Gasteiger partial charge in [0, 0.05) is 13.1 Å². The van der Waals surface area contributed by atoms with Crippen LogP contribution in [-0.4, -0.2) is 56.0 Å². The van der Waals surface area contributed by atoms with Gasteiger partial charge >= 0.3 is 6.01 Å². The molecule has 0 spiro atoms. The number of hydrogen-bond acceptors (Lipinski definition) is 8. The Bertz CT molecular complexity index is 1340. The number of rotatable bonds is 18. The van der Waals surface area contributed by atoms with Crippen LogP contribution in [0.3, 0.4) is 0 Å². The van der Waals surface area contributed by atoms with Crippen LogP contribution < -0.4 is 20.1 Å². The van der Waals surface area contributed by atoms with Crippen LogP contribution in [0.4, 0.5) is 6.01 Å². The number of nitrogens with one attached hydrogen (secondary N) is 3. The number of nitrogens with zero attached hydrogens (tertiary/aromatic N) is 1. The van der Waals surface area contributed by atoms with E-state index in [0.717, 1.165) is 55.7 Å². The number of para-hydroxylation sites is 1. The van der Waals surface area contributed by atoms with Gasteiger partial charge in [0.1, 0.15) is 12.0 Å². The normalized spacial score (nSPS) is 13.0. The lowest BCUT2D eigenvalue weighted by Gasteiger charge is -2.25. The predicted octanol–water partition coefficient (Wildman–Crippen LogP) is 4.06. The van der Waals surface area contributed by atoms with Crippen molar-refractivity contribution in [2.24, 2.45) is 0 Å². The fourth-order valence-corrected chi connectivity index (χ4v) is 4.75. The minimum atomic E-state index is -3.62. The van der Waals surface area contributed by atoms with Gasteiger partial charge < -0.3 is 24.9 Å². The molecule has 224 valence electrons. The quantitative estimate of drug-likeness (QED) is 0.164. The number of benzene rings is 2. The number of ether oxygens (including phenoxy) is 1. The summed E-state index contributed by atoms with van der Waals surface area (Å²) in [5, 5.41) is 17.4. The molecule has 10 nitrogen and oxygen atoms in total. The van der Waals surface area contributed by atoms with Crippen LogP contribution in [0.15, 0.2) is 59.2 Å². The van der Waals surface area contributed by atoms with Gasteiger partial charge in [0.15, 0.2) is 5.69 Å². The van der Waals surface area contributed by atoms with Gasteiger partial charge in [-0.25, -0.2) is 13.1 Å². The molecule has 0 fully saturated rings. The standard InChI is InChI=1S/C30H42N4O6S/c1-4-6-7-10-16-39-28-15-9-8-14-24(28)18-25(27(35)20-31-19-23-13-11-12-22(5-2)17-23)32-29(36)26-21-40-30(33-26)34-41(3,37)38/h8-9,11-15,17,21,25,27,31,35H,4-7,10,16,18-20H2,1-3H3,(H,32,36)(H,33,34). The summed E-state index contributed by atoms with van der Waals surface area (Å²) in [5.74, 6) is 0.105. The third-order valence-corrected chi connectivity index (χ3v) is 7.09. The molecule has 1 amide bonds. The van der Waals surface area contributed by atoms with Crippen LogP contribution in [0.5, 0.6) is 5.75 Å². The van der Waals surface area contributed by atoms with E-state index in [1.54, 1.807) is 0 Å². The highest BCUT2D eigenvalue weighted by atomic mass is 32.2. The summed E-state index contributed by atoms with van der Waals surface area (Å²) in [4.78, 5) is 17.0. The molecule has 0 aliphatic carbocycles. The van der Waals surface area contributed by atoms with Gasteiger partial charge in [0.2, 0.25) is 10.0 Å². The summed E-state index contributed by atoms with van der Waals surface area (Å²) in [6, 6.07) is 14.8. The van der Waals surface area contributed by atoms with Crippen molar-refractivity contribution in [3.05, 3.63) is 77.2 Å². The third-order valence-electron chi connectivity index (χ3n) is 6.54. The van der Waals surface area contributed by atoms with E-state index in [4.69, 9.17) is 9.15 Å². The number of carbonyl (C=O) groups excluding carboxylic acids is 1. The molecule has 4 N–H and O–H groups in total. The number of amides is 1. The molecule has 2 atom stereocenters. The second-order valence-electron chi connectivity index (χ2n) is 10.1. The first kappa shape index (κ1) is 32.1. The van der Waals surface area contributed by atoms with Crippen LogP contribution in [0.1, 0.15) is 66.7 Å². The number of aliphatic hydroxyl groups is 1. The molecule has 41 heavy (non-hydrogen) atoms. The first-order valence-electron chi connectivity index (χ1n) is 14.1. The van der Waals surface area contributed by atoms with Crippen LogP contribution in [0.2, 0.25) is 0 Å². The molecule has 2 aromatic carbocycles. The van der Waals surface area contributed by atoms with Crippen LogP contribution in [0, 0.1) is 0 Å². The lowest BCUT2D eigenvalue weighted by Crippen LogP contribution is -2.48. The second kappa shape index (κ2) is 16.1. The number of unbranched alkanes of at least 4 members (excludes halogenated alkanes) is 3. The zero-order valence-corrected chi connectivity index (χ0v) is 24.9. The monoisotopic (exact) mass is 586 g/mol. The largest absolute Gasteiger partial charge is 0.493 e. The van der Waals surface area contributed by atoms with Crippen LogP contribution in [0.25, 0.3) is 0 Å². The average Bonchev–Trinajstić information content (AvgIpc) is 3.40. The van der Waals surface area contributed by atoms with Crippen LogP contribution in [-0.2, 0) is 29.4 Å². The number of anilines is 1. The Morgan fingerprint density at radius 1 is 1.07 bits per heavy atom. The van der Waals surface area contributed by atoms with E-state index >= 15 is 0 Å². The molecule has 2 unspecified atom stereocenters. The Kier molecular flexibility index (Phi) is 12.6. The summed E-state index contributed by atoms with van der Waals surface area (Å²) in [6.45, 7) is 5.64. The molecule has 0 saturated heterocycles. The minimum Gasteiger partial charge on any atom is -0.493 e. The Labute approximate surface area is 243 Å². The Morgan fingerprint density at radius 3 is 2.61 bits per heavy atom. The molecule has 0 bridgehead atoms. The topological polar surface area (TPSA) is 143 Å². The van der Waals surface area contributed by atoms with Gasteiger partial charge in [0.05, 0.1) is 25.0 Å². The van der Waals surface area contributed by atoms with Crippen molar-refractivity contribution >= 4 is 21.9 Å². The number of oxazole rings is 1. The van der Waals surface area contributed by atoms with Crippen molar-refractivity contribution in [1.29, 1.82) is 0 Å². The average molecular weight is 587 g/mol. The van der Waals surface area contributed by atoms with Gasteiger partial charge in [-0.1, -0.05) is 75.6 Å². The summed E-state index contributed by atoms with van der Waals surface area (Å²) < 4.78 is 36.2. The van der Waals surface area contributed by atoms with Crippen molar-refractivity contribution in [2.45, 2.75) is 71.1 Å². The van der Waals surface area contributed by atoms with Crippen molar-refractivity contribution < 1.29 is 27.5 Å². The molecule has 0 radical (unpaired) electrons. The summed E-state index contributed by atoms with van der Waals surface area (Å²) in [7, 11) is -3.62. The number of sulfonamides is 1. The molecule has 1 heterocycles. The Balaban J connectivity index is 1.72. The maximum Gasteiger partial charge on any atom is 0.309 e. The first-order valence-corrected chi connectivity index (χ1v) is 16.0. The number of carbonyl (C=O) groups is 1. The number of aryl methyl sites for hydroxylation is 1. The van der Waals surface area contributed by atoms with Crippen molar-refractivity contribution in [3.8, 4) is 5.75 Å². The molecular formula is C30H42N4O6S. The Morgan fingerprint density at radius 2 is 1.85 bits per heavy atom. The number of aliphatic hydroxyl groups excluding tert-OH is 1. The van der Waals surface area contributed by atoms with Crippen molar-refractivity contribution in [1.82, 2.24) is 15.6 Å². The SMILES string of the molecule is CCCCCCOc1ccccc1CC(NC(=O)c1coc(NS(C)(=O)=O)n1)C(O)CNCc1cccc(CC)c1. The van der Waals surface area contributed by atoms with E-state index in [1.807, 2.05) is 36.4 Å². The molecule has 3 rings (SSSR count). The maximum absolute atomic E-state index is 13.1. The smallest absolute Gasteiger partial charge is 0.309 e. The zero-order chi connectivity index (χ0) is 29.7. The molecule has 0 saturated carbocycles. The molecular weight excluding hydrogens is 544 g/mol. The maximum atomic E-state index is 13.1. The Hall–Kier alpha value is -3.41. The molecule has 3 aromatic rings. The summed E-state index contributed by atoms with van der Waals surface area (Å²) >= 11 is 0. The highest BCUT2D eigenvalue weighted by molar-refractivity contribution is 7.91. The van der Waals surface area contributed by atoms with Crippen LogP contribution >= 0.6 is 0 Å². The van der Waals surface area contributed by atoms with Crippen molar-refractivity contribution in [3.63, 3.8) is 0 Å². The lowest BCUT2D eigenvalue weighted by atomic mass is 9.99. The minimum absolute atomic E-state index is 0.113. The van der Waals surface area contributed by atoms with E-state index in [2.05, 4.69) is 46.3 Å². The lowest BCUT2D eigenvalue weighted by molar-refractivity contribution is 0.0824. The summed E-state index contributed by atoms with van der Waals surface area (Å²) in [5.41, 5.74) is 3.08. The first-order chi connectivity index (χ1) is 19.7. The van der Waals surface area contributed by atoms with Crippen molar-refractivity contribution in [2.75, 3.05) is 24.1 Å². The van der Waals surface area contributed by atoms with Gasteiger partial charge in [-0.15, -0.1) is 0 Å². The van der Waals surface area contributed by atoms with Gasteiger partial charge in [-0.3, -0.25) is 4.79 Å². The van der Waals surface area contributed by atoms with Gasteiger partial charge in [0.25, 0.3) is 5.91 Å². The van der Waals surface area contributed by atoms with E-state index in [-0.39, 0.29) is 18.3 Å². The highest BCUT2D eigenvalue weighted by Gasteiger charge is 2.25. The number of aromatic nitrogens is 1. The highest BCUT2D eigenvalue weighted by Crippen LogP contribution is 2.22. The molecule has 11 heteroatoms. The third kappa shape index (κ3) is 11.2. The van der Waals surface area contributed by atoms with Gasteiger partial charge in [-0.2, -0.15) is 4.98 Å². The summed E-state index contributed by atoms with van der Waals surface area (Å²) in [6.07, 6.45) is 6.66. The fourth-order valence-electron chi connectivity index (χ4n) is 4.34. The second-order valence-corrected chi connectivity index (χ2v) is 11.8. The van der Waals surface area contributed by atoms with E-state index in [0.29, 0.717) is 25.3 Å². The fraction of sp³-hybridized carbons (Fsp3) is 0.467. The van der Waals surface area contributed by atoms with E-state index < -0.39 is 28.1 Å². The molecule has 0 aliphatic heterocycles. The molecule has 1 aromatic heterocycles. The molecule has 0 aliphatic rings.